The number of aliphatic hydroxyl groups is 1. The Bertz CT molecular complexity index is 1050. The van der Waals surface area contributed by atoms with Gasteiger partial charge in [-0.25, -0.2) is 4.98 Å². The zero-order chi connectivity index (χ0) is 20.1. The maximum atomic E-state index is 13.0. The lowest BCUT2D eigenvalue weighted by molar-refractivity contribution is -0.133. The Hall–Kier alpha value is -2.72. The molecule has 0 fully saturated rings. The highest BCUT2D eigenvalue weighted by atomic mass is 35.5. The van der Waals surface area contributed by atoms with E-state index in [0.717, 1.165) is 22.4 Å². The zero-order valence-electron chi connectivity index (χ0n) is 15.7. The number of carbonyl (C=O) groups is 2. The van der Waals surface area contributed by atoms with Gasteiger partial charge >= 0.3 is 0 Å². The number of benzene rings is 1. The van der Waals surface area contributed by atoms with Crippen LogP contribution >= 0.6 is 11.6 Å². The molecule has 0 saturated carbocycles. The zero-order valence-corrected chi connectivity index (χ0v) is 16.4. The van der Waals surface area contributed by atoms with Crippen molar-refractivity contribution in [2.75, 3.05) is 0 Å². The molecule has 27 heavy (non-hydrogen) atoms. The number of hydrogen-bond donors (Lipinski definition) is 1. The molecular formula is C22H20ClNO3. The molecule has 0 radical (unpaired) electrons. The lowest BCUT2D eigenvalue weighted by Crippen LogP contribution is -2.39. The first-order valence-electron chi connectivity index (χ1n) is 8.52. The molecule has 1 aliphatic carbocycles. The number of Topliss-reactive ketones (excluding diaryl/α,β-unsaturated/α-hetero) is 2. The van der Waals surface area contributed by atoms with E-state index in [0.29, 0.717) is 10.7 Å². The third-order valence-corrected chi connectivity index (χ3v) is 5.24. The van der Waals surface area contributed by atoms with Gasteiger partial charge in [0.05, 0.1) is 16.6 Å². The van der Waals surface area contributed by atoms with E-state index in [9.17, 15) is 14.7 Å². The molecule has 1 N–H and O–H groups in total. The molecular weight excluding hydrogens is 362 g/mol. The Kier molecular flexibility index (Phi) is 4.56. The van der Waals surface area contributed by atoms with Crippen LogP contribution in [0.2, 0.25) is 5.15 Å². The van der Waals surface area contributed by atoms with Crippen LogP contribution < -0.4 is 0 Å². The molecule has 0 atom stereocenters. The summed E-state index contributed by atoms with van der Waals surface area (Å²) in [6, 6.07) is 9.19. The van der Waals surface area contributed by atoms with Crippen molar-refractivity contribution >= 4 is 28.7 Å². The number of nitrogens with zero attached hydrogens (tertiary/aromatic N) is 1. The van der Waals surface area contributed by atoms with Crippen molar-refractivity contribution in [3.05, 3.63) is 70.2 Å². The number of ketones is 2. The Balaban J connectivity index is 2.24. The highest BCUT2D eigenvalue weighted by molar-refractivity contribution is 6.36. The van der Waals surface area contributed by atoms with Crippen LogP contribution in [-0.4, -0.2) is 21.7 Å². The van der Waals surface area contributed by atoms with E-state index >= 15 is 0 Å². The summed E-state index contributed by atoms with van der Waals surface area (Å²) in [7, 11) is 0. The highest BCUT2D eigenvalue weighted by Crippen LogP contribution is 2.41. The maximum absolute atomic E-state index is 13.0. The molecule has 1 aromatic carbocycles. The van der Waals surface area contributed by atoms with Crippen LogP contribution in [0.4, 0.5) is 0 Å². The third kappa shape index (κ3) is 3.00. The number of allylic oxidation sites excluding steroid dienone is 2. The molecule has 1 heterocycles. The monoisotopic (exact) mass is 381 g/mol. The molecule has 4 nitrogen and oxygen atoms in total. The van der Waals surface area contributed by atoms with Crippen molar-refractivity contribution in [2.45, 2.75) is 27.7 Å². The SMILES string of the molecule is C=C1C(=O)C(C)(C)C(=O)C(c2cc(-c3ccc(Cl)nc3C)ccc2C)=C1O. The minimum Gasteiger partial charge on any atom is -0.506 e. The van der Waals surface area contributed by atoms with Crippen LogP contribution in [0.15, 0.2) is 48.2 Å². The first-order chi connectivity index (χ1) is 12.6. The number of aliphatic hydroxyl groups excluding tert-OH is 1. The van der Waals surface area contributed by atoms with E-state index in [-0.39, 0.29) is 16.9 Å². The first-order valence-corrected chi connectivity index (χ1v) is 8.90. The fraction of sp³-hybridized carbons (Fsp3) is 0.227. The number of rotatable bonds is 2. The van der Waals surface area contributed by atoms with Gasteiger partial charge in [0.1, 0.15) is 10.9 Å². The second-order valence-electron chi connectivity index (χ2n) is 7.28. The third-order valence-electron chi connectivity index (χ3n) is 5.03. The molecule has 0 amide bonds. The fourth-order valence-corrected chi connectivity index (χ4v) is 3.49. The molecule has 3 rings (SSSR count). The summed E-state index contributed by atoms with van der Waals surface area (Å²) in [4.78, 5) is 29.6. The number of pyridine rings is 1. The van der Waals surface area contributed by atoms with Crippen molar-refractivity contribution in [3.8, 4) is 11.1 Å². The first kappa shape index (κ1) is 19.1. The largest absolute Gasteiger partial charge is 0.506 e. The van der Waals surface area contributed by atoms with E-state index in [1.807, 2.05) is 38.1 Å². The summed E-state index contributed by atoms with van der Waals surface area (Å²) >= 11 is 5.94. The quantitative estimate of drug-likeness (QED) is 0.450. The van der Waals surface area contributed by atoms with Crippen LogP contribution in [0.1, 0.15) is 30.7 Å². The van der Waals surface area contributed by atoms with E-state index in [1.165, 1.54) is 0 Å². The standard InChI is InChI=1S/C22H20ClNO3/c1-11-6-7-14(15-8-9-17(23)24-13(15)3)10-16(11)18-19(25)12(2)20(26)22(4,5)21(18)27/h6-10,25H,2H2,1,3-5H3. The molecule has 1 aliphatic rings. The average Bonchev–Trinajstić information content (AvgIpc) is 2.61. The Labute approximate surface area is 163 Å². The number of aromatic nitrogens is 1. The van der Waals surface area contributed by atoms with Gasteiger partial charge in [0.25, 0.3) is 0 Å². The van der Waals surface area contributed by atoms with E-state index in [1.54, 1.807) is 19.9 Å². The lowest BCUT2D eigenvalue weighted by atomic mass is 9.70. The lowest BCUT2D eigenvalue weighted by Gasteiger charge is -2.30. The fourth-order valence-electron chi connectivity index (χ4n) is 3.30. The summed E-state index contributed by atoms with van der Waals surface area (Å²) in [5.41, 5.74) is 2.68. The molecule has 5 heteroatoms. The number of hydrogen-bond acceptors (Lipinski definition) is 4. The van der Waals surface area contributed by atoms with Gasteiger partial charge in [-0.15, -0.1) is 0 Å². The number of halogens is 1. The van der Waals surface area contributed by atoms with Gasteiger partial charge in [-0.05, 0) is 62.6 Å². The van der Waals surface area contributed by atoms with Crippen molar-refractivity contribution < 1.29 is 14.7 Å². The maximum Gasteiger partial charge on any atom is 0.180 e. The van der Waals surface area contributed by atoms with Gasteiger partial charge < -0.3 is 5.11 Å². The van der Waals surface area contributed by atoms with Crippen LogP contribution in [0.25, 0.3) is 16.7 Å². The van der Waals surface area contributed by atoms with Gasteiger partial charge in [0.15, 0.2) is 11.6 Å². The molecule has 0 unspecified atom stereocenters. The van der Waals surface area contributed by atoms with Gasteiger partial charge in [-0.1, -0.05) is 30.3 Å². The van der Waals surface area contributed by atoms with Crippen LogP contribution in [0.5, 0.6) is 0 Å². The van der Waals surface area contributed by atoms with Crippen molar-refractivity contribution in [1.29, 1.82) is 0 Å². The minimum atomic E-state index is -1.27. The van der Waals surface area contributed by atoms with Crippen LogP contribution in [0, 0.1) is 19.3 Å². The molecule has 0 saturated heterocycles. The topological polar surface area (TPSA) is 67.3 Å². The van der Waals surface area contributed by atoms with Gasteiger partial charge in [-0.2, -0.15) is 0 Å². The molecule has 0 aliphatic heterocycles. The summed E-state index contributed by atoms with van der Waals surface area (Å²) in [6.07, 6.45) is 0. The number of aryl methyl sites for hydroxylation is 2. The molecule has 2 aromatic rings. The smallest absolute Gasteiger partial charge is 0.180 e. The predicted octanol–water partition coefficient (Wildman–Crippen LogP) is 5.02. The van der Waals surface area contributed by atoms with E-state index < -0.39 is 17.0 Å². The minimum absolute atomic E-state index is 0.0382. The van der Waals surface area contributed by atoms with Crippen molar-refractivity contribution in [1.82, 2.24) is 4.98 Å². The molecule has 1 aromatic heterocycles. The van der Waals surface area contributed by atoms with E-state index in [4.69, 9.17) is 11.6 Å². The molecule has 0 bridgehead atoms. The van der Waals surface area contributed by atoms with E-state index in [2.05, 4.69) is 11.6 Å². The number of carbonyl (C=O) groups excluding carboxylic acids is 2. The average molecular weight is 382 g/mol. The predicted molar refractivity (Wildman–Crippen MR) is 107 cm³/mol. The summed E-state index contributed by atoms with van der Waals surface area (Å²) in [5.74, 6) is -1.22. The van der Waals surface area contributed by atoms with Crippen LogP contribution in [0.3, 0.4) is 0 Å². The van der Waals surface area contributed by atoms with Crippen molar-refractivity contribution in [2.24, 2.45) is 5.41 Å². The van der Waals surface area contributed by atoms with Gasteiger partial charge in [0, 0.05) is 11.3 Å². The highest BCUT2D eigenvalue weighted by Gasteiger charge is 2.46. The van der Waals surface area contributed by atoms with Crippen LogP contribution in [-0.2, 0) is 9.59 Å². The molecule has 0 spiro atoms. The summed E-state index contributed by atoms with van der Waals surface area (Å²) in [6.45, 7) is 10.5. The van der Waals surface area contributed by atoms with Crippen molar-refractivity contribution in [3.63, 3.8) is 0 Å². The van der Waals surface area contributed by atoms with Gasteiger partial charge in [0.2, 0.25) is 0 Å². The molecule has 138 valence electrons. The normalized spacial score (nSPS) is 16.9. The Morgan fingerprint density at radius 1 is 1.04 bits per heavy atom. The Morgan fingerprint density at radius 3 is 2.33 bits per heavy atom. The second-order valence-corrected chi connectivity index (χ2v) is 7.67. The summed E-state index contributed by atoms with van der Waals surface area (Å²) in [5, 5.41) is 11.0. The second kappa shape index (κ2) is 6.46. The summed E-state index contributed by atoms with van der Waals surface area (Å²) < 4.78 is 0. The Morgan fingerprint density at radius 2 is 1.70 bits per heavy atom. The van der Waals surface area contributed by atoms with Gasteiger partial charge in [-0.3, -0.25) is 9.59 Å².